The number of rotatable bonds is 5. The van der Waals surface area contributed by atoms with Gasteiger partial charge in [0.25, 0.3) is 0 Å². The predicted molar refractivity (Wildman–Crippen MR) is 65.5 cm³/mol. The summed E-state index contributed by atoms with van der Waals surface area (Å²) in [4.78, 5) is 0. The van der Waals surface area contributed by atoms with E-state index in [1.54, 1.807) is 13.3 Å². The quantitative estimate of drug-likeness (QED) is 0.781. The first kappa shape index (κ1) is 13.0. The minimum absolute atomic E-state index is 0.0827. The van der Waals surface area contributed by atoms with Crippen LogP contribution >= 0.6 is 27.5 Å². The fraction of sp³-hybridized carbons (Fsp3) is 0.700. The molecular weight excluding hydrogens is 279 g/mol. The number of alkyl halides is 1. The summed E-state index contributed by atoms with van der Waals surface area (Å²) in [5, 5.41) is 4.37. The molecule has 15 heavy (non-hydrogen) atoms. The highest BCUT2D eigenvalue weighted by Gasteiger charge is 2.19. The van der Waals surface area contributed by atoms with Gasteiger partial charge < -0.3 is 4.74 Å². The van der Waals surface area contributed by atoms with Crippen molar-refractivity contribution < 1.29 is 4.74 Å². The molecule has 0 fully saturated rings. The smallest absolute Gasteiger partial charge is 0.0658 e. The molecule has 0 aliphatic carbocycles. The summed E-state index contributed by atoms with van der Waals surface area (Å²) in [5.41, 5.74) is 1.13. The minimum Gasteiger partial charge on any atom is -0.383 e. The van der Waals surface area contributed by atoms with Crippen LogP contribution in [0.2, 0.25) is 0 Å². The number of aromatic nitrogens is 2. The van der Waals surface area contributed by atoms with Gasteiger partial charge in [-0.3, -0.25) is 4.68 Å². The second-order valence-corrected chi connectivity index (χ2v) is 5.10. The molecule has 0 spiro atoms. The van der Waals surface area contributed by atoms with Gasteiger partial charge in [0, 0.05) is 18.4 Å². The van der Waals surface area contributed by atoms with Gasteiger partial charge >= 0.3 is 0 Å². The predicted octanol–water partition coefficient (Wildman–Crippen LogP) is 3.02. The Labute approximate surface area is 104 Å². The summed E-state index contributed by atoms with van der Waals surface area (Å²) in [6.45, 7) is 5.50. The molecule has 2 atom stereocenters. The van der Waals surface area contributed by atoms with Crippen molar-refractivity contribution in [2.75, 3.05) is 13.7 Å². The Bertz CT molecular complexity index is 314. The standard InChI is InChI=1S/C10H16BrClN2O/c1-7(8(2)12)10-9(11)6-13-14(10)4-5-15-3/h6-8H,4-5H2,1-3H3. The second kappa shape index (κ2) is 5.87. The Kier molecular flexibility index (Phi) is 5.09. The molecule has 0 radical (unpaired) electrons. The number of methoxy groups -OCH3 is 1. The van der Waals surface area contributed by atoms with Crippen LogP contribution in [0.1, 0.15) is 25.5 Å². The lowest BCUT2D eigenvalue weighted by atomic mass is 10.0. The van der Waals surface area contributed by atoms with Crippen LogP contribution in [-0.2, 0) is 11.3 Å². The van der Waals surface area contributed by atoms with E-state index in [2.05, 4.69) is 28.0 Å². The molecule has 1 heterocycles. The van der Waals surface area contributed by atoms with Gasteiger partial charge in [-0.15, -0.1) is 11.6 Å². The highest BCUT2D eigenvalue weighted by atomic mass is 79.9. The molecule has 0 saturated heterocycles. The lowest BCUT2D eigenvalue weighted by Crippen LogP contribution is -2.15. The van der Waals surface area contributed by atoms with Crippen LogP contribution in [0.3, 0.4) is 0 Å². The summed E-state index contributed by atoms with van der Waals surface area (Å²) >= 11 is 9.60. The van der Waals surface area contributed by atoms with E-state index in [4.69, 9.17) is 16.3 Å². The molecule has 86 valence electrons. The SMILES string of the molecule is COCCn1ncc(Br)c1C(C)C(C)Cl. The van der Waals surface area contributed by atoms with Gasteiger partial charge in [0.1, 0.15) is 0 Å². The van der Waals surface area contributed by atoms with Gasteiger partial charge in [-0.2, -0.15) is 5.10 Å². The molecule has 5 heteroatoms. The fourth-order valence-corrected chi connectivity index (χ4v) is 2.17. The van der Waals surface area contributed by atoms with Crippen molar-refractivity contribution in [2.24, 2.45) is 0 Å². The molecule has 1 aromatic rings. The van der Waals surface area contributed by atoms with Crippen LogP contribution in [0.15, 0.2) is 10.7 Å². The zero-order valence-electron chi connectivity index (χ0n) is 9.20. The van der Waals surface area contributed by atoms with Gasteiger partial charge in [-0.1, -0.05) is 6.92 Å². The molecule has 0 saturated carbocycles. The first-order chi connectivity index (χ1) is 7.07. The molecule has 0 aromatic carbocycles. The normalized spacial score (nSPS) is 15.3. The van der Waals surface area contributed by atoms with Crippen molar-refractivity contribution in [3.05, 3.63) is 16.4 Å². The number of hydrogen-bond donors (Lipinski definition) is 0. The van der Waals surface area contributed by atoms with E-state index in [-0.39, 0.29) is 11.3 Å². The molecule has 0 bridgehead atoms. The Morgan fingerprint density at radius 1 is 1.60 bits per heavy atom. The van der Waals surface area contributed by atoms with Crippen LogP contribution in [-0.4, -0.2) is 28.9 Å². The maximum absolute atomic E-state index is 6.10. The van der Waals surface area contributed by atoms with Crippen molar-refractivity contribution in [1.82, 2.24) is 9.78 Å². The molecule has 1 rings (SSSR count). The maximum atomic E-state index is 6.10. The van der Waals surface area contributed by atoms with Gasteiger partial charge in [0.05, 0.1) is 29.5 Å². The molecule has 0 N–H and O–H groups in total. The van der Waals surface area contributed by atoms with Crippen LogP contribution in [0.25, 0.3) is 0 Å². The van der Waals surface area contributed by atoms with E-state index in [1.165, 1.54) is 0 Å². The maximum Gasteiger partial charge on any atom is 0.0658 e. The summed E-state index contributed by atoms with van der Waals surface area (Å²) < 4.78 is 8.00. The van der Waals surface area contributed by atoms with Crippen LogP contribution in [0.4, 0.5) is 0 Å². The molecule has 0 aliphatic heterocycles. The molecule has 0 aliphatic rings. The number of nitrogens with zero attached hydrogens (tertiary/aromatic N) is 2. The van der Waals surface area contributed by atoms with E-state index < -0.39 is 0 Å². The third kappa shape index (κ3) is 3.20. The highest BCUT2D eigenvalue weighted by Crippen LogP contribution is 2.29. The van der Waals surface area contributed by atoms with Crippen molar-refractivity contribution in [3.8, 4) is 0 Å². The Morgan fingerprint density at radius 2 is 2.27 bits per heavy atom. The molecule has 3 nitrogen and oxygen atoms in total. The number of hydrogen-bond acceptors (Lipinski definition) is 2. The topological polar surface area (TPSA) is 27.1 Å². The van der Waals surface area contributed by atoms with E-state index in [0.29, 0.717) is 6.61 Å². The number of ether oxygens (including phenoxy) is 1. The van der Waals surface area contributed by atoms with Gasteiger partial charge in [0.15, 0.2) is 0 Å². The van der Waals surface area contributed by atoms with Crippen molar-refractivity contribution in [1.29, 1.82) is 0 Å². The molecule has 0 amide bonds. The van der Waals surface area contributed by atoms with Crippen LogP contribution in [0.5, 0.6) is 0 Å². The zero-order chi connectivity index (χ0) is 11.4. The first-order valence-corrected chi connectivity index (χ1v) is 6.15. The monoisotopic (exact) mass is 294 g/mol. The zero-order valence-corrected chi connectivity index (χ0v) is 11.5. The summed E-state index contributed by atoms with van der Waals surface area (Å²) in [7, 11) is 1.69. The highest BCUT2D eigenvalue weighted by molar-refractivity contribution is 9.10. The van der Waals surface area contributed by atoms with Crippen molar-refractivity contribution >= 4 is 27.5 Å². The van der Waals surface area contributed by atoms with E-state index in [1.807, 2.05) is 11.6 Å². The lowest BCUT2D eigenvalue weighted by Gasteiger charge is -2.16. The third-order valence-corrected chi connectivity index (χ3v) is 3.45. The average molecular weight is 296 g/mol. The van der Waals surface area contributed by atoms with E-state index in [9.17, 15) is 0 Å². The summed E-state index contributed by atoms with van der Waals surface area (Å²) in [5.74, 6) is 0.264. The Hall–Kier alpha value is -0.0600. The molecule has 2 unspecified atom stereocenters. The Balaban J connectivity index is 2.88. The van der Waals surface area contributed by atoms with Gasteiger partial charge in [-0.25, -0.2) is 0 Å². The van der Waals surface area contributed by atoms with Crippen LogP contribution < -0.4 is 0 Å². The second-order valence-electron chi connectivity index (χ2n) is 3.56. The van der Waals surface area contributed by atoms with Crippen molar-refractivity contribution in [3.63, 3.8) is 0 Å². The summed E-state index contributed by atoms with van der Waals surface area (Å²) in [6, 6.07) is 0. The average Bonchev–Trinajstić information content (AvgIpc) is 2.55. The van der Waals surface area contributed by atoms with Crippen molar-refractivity contribution in [2.45, 2.75) is 31.7 Å². The third-order valence-electron chi connectivity index (χ3n) is 2.46. The Morgan fingerprint density at radius 3 is 2.80 bits per heavy atom. The minimum atomic E-state index is 0.0827. The largest absolute Gasteiger partial charge is 0.383 e. The number of halogens is 2. The van der Waals surface area contributed by atoms with Crippen LogP contribution in [0, 0.1) is 0 Å². The van der Waals surface area contributed by atoms with E-state index >= 15 is 0 Å². The van der Waals surface area contributed by atoms with Gasteiger partial charge in [-0.05, 0) is 22.9 Å². The van der Waals surface area contributed by atoms with Gasteiger partial charge in [0.2, 0.25) is 0 Å². The molecule has 1 aromatic heterocycles. The first-order valence-electron chi connectivity index (χ1n) is 4.92. The lowest BCUT2D eigenvalue weighted by molar-refractivity contribution is 0.182. The fourth-order valence-electron chi connectivity index (χ4n) is 1.40. The summed E-state index contributed by atoms with van der Waals surface area (Å²) in [6.07, 6.45) is 1.81. The molecular formula is C10H16BrClN2O. The van der Waals surface area contributed by atoms with E-state index in [0.717, 1.165) is 16.7 Å².